The Hall–Kier alpha value is -4.80. The summed E-state index contributed by atoms with van der Waals surface area (Å²) in [5.74, 6) is 1.61. The van der Waals surface area contributed by atoms with Crippen LogP contribution in [0, 0.1) is 11.3 Å². The number of anilines is 1. The molecule has 3 atom stereocenters. The van der Waals surface area contributed by atoms with E-state index in [-0.39, 0.29) is 23.7 Å². The molecule has 0 saturated carbocycles. The molecule has 2 aliphatic carbocycles. The zero-order valence-electron chi connectivity index (χ0n) is 27.0. The van der Waals surface area contributed by atoms with Crippen LogP contribution < -0.4 is 15.8 Å². The molecular formula is C34H39N9O4. The first-order valence-electron chi connectivity index (χ1n) is 16.2. The first-order valence-corrected chi connectivity index (χ1v) is 16.2. The summed E-state index contributed by atoms with van der Waals surface area (Å²) >= 11 is 0. The summed E-state index contributed by atoms with van der Waals surface area (Å²) in [6, 6.07) is 9.84. The zero-order chi connectivity index (χ0) is 32.7. The number of nitrogen functional groups attached to an aromatic ring is 1. The highest BCUT2D eigenvalue weighted by atomic mass is 16.5. The first kappa shape index (κ1) is 30.8. The quantitative estimate of drug-likeness (QED) is 0.203. The monoisotopic (exact) mass is 637 g/mol. The van der Waals surface area contributed by atoms with E-state index in [1.54, 1.807) is 30.1 Å². The molecule has 3 N–H and O–H groups in total. The van der Waals surface area contributed by atoms with E-state index in [0.717, 1.165) is 73.9 Å². The average molecular weight is 638 g/mol. The number of aryl methyl sites for hydroxylation is 1. The third kappa shape index (κ3) is 5.41. The fraction of sp³-hybridized carbons (Fsp3) is 0.471. The Morgan fingerprint density at radius 1 is 1.26 bits per heavy atom. The Morgan fingerprint density at radius 3 is 2.91 bits per heavy atom. The Labute approximate surface area is 273 Å². The zero-order valence-corrected chi connectivity index (χ0v) is 27.0. The van der Waals surface area contributed by atoms with Gasteiger partial charge in [-0.3, -0.25) is 9.69 Å². The molecule has 4 heterocycles. The SMILES string of the molecule is COCCNC(=O)c1ccn(-c2cc(O[C@@H](C)[C@@H]3CCCN3C)nc(-c3noc4c3CCC[C@@]43CCc4ccc(N)c(C#N)c43)n2)n1. The number of likely N-dealkylation sites (N-methyl/N-ethyl adjacent to an activating group) is 1. The molecule has 47 heavy (non-hydrogen) atoms. The van der Waals surface area contributed by atoms with Crippen molar-refractivity contribution in [2.24, 2.45) is 0 Å². The molecule has 1 aliphatic heterocycles. The number of rotatable bonds is 9. The van der Waals surface area contributed by atoms with Crippen molar-refractivity contribution < 1.29 is 18.8 Å². The number of carbonyl (C=O) groups excluding carboxylic acids is 1. The number of hydrogen-bond donors (Lipinski definition) is 2. The molecule has 1 fully saturated rings. The third-order valence-corrected chi connectivity index (χ3v) is 9.96. The van der Waals surface area contributed by atoms with Gasteiger partial charge in [-0.2, -0.15) is 15.3 Å². The van der Waals surface area contributed by atoms with E-state index in [1.807, 2.05) is 12.1 Å². The van der Waals surface area contributed by atoms with Gasteiger partial charge in [0.15, 0.2) is 28.8 Å². The molecule has 13 nitrogen and oxygen atoms in total. The van der Waals surface area contributed by atoms with E-state index < -0.39 is 5.41 Å². The fourth-order valence-corrected chi connectivity index (χ4v) is 7.69. The summed E-state index contributed by atoms with van der Waals surface area (Å²) in [4.78, 5) is 24.7. The van der Waals surface area contributed by atoms with Gasteiger partial charge in [-0.15, -0.1) is 0 Å². The lowest BCUT2D eigenvalue weighted by atomic mass is 9.68. The van der Waals surface area contributed by atoms with Gasteiger partial charge in [-0.05, 0) is 88.7 Å². The molecule has 1 saturated heterocycles. The highest BCUT2D eigenvalue weighted by molar-refractivity contribution is 5.92. The van der Waals surface area contributed by atoms with Crippen LogP contribution >= 0.6 is 0 Å². The second-order valence-electron chi connectivity index (χ2n) is 12.7. The molecule has 1 spiro atoms. The van der Waals surface area contributed by atoms with E-state index in [9.17, 15) is 10.1 Å². The van der Waals surface area contributed by atoms with E-state index in [0.29, 0.717) is 47.6 Å². The largest absolute Gasteiger partial charge is 0.473 e. The molecule has 13 heteroatoms. The van der Waals surface area contributed by atoms with Crippen molar-refractivity contribution in [2.45, 2.75) is 69.4 Å². The van der Waals surface area contributed by atoms with E-state index in [4.69, 9.17) is 29.7 Å². The van der Waals surface area contributed by atoms with Crippen LogP contribution in [-0.4, -0.2) is 81.7 Å². The number of nitrogens with one attached hydrogen (secondary N) is 1. The summed E-state index contributed by atoms with van der Waals surface area (Å²) in [5, 5.41) is 22.0. The number of likely N-dealkylation sites (tertiary alicyclic amines) is 1. The first-order chi connectivity index (χ1) is 22.8. The van der Waals surface area contributed by atoms with Crippen LogP contribution in [-0.2, 0) is 23.0 Å². The Bertz CT molecular complexity index is 1860. The lowest BCUT2D eigenvalue weighted by Gasteiger charge is -2.33. The van der Waals surface area contributed by atoms with Gasteiger partial charge in [0.1, 0.15) is 12.2 Å². The number of ether oxygens (including phenoxy) is 2. The van der Waals surface area contributed by atoms with Crippen LogP contribution in [0.3, 0.4) is 0 Å². The minimum absolute atomic E-state index is 0.128. The second kappa shape index (κ2) is 12.4. The van der Waals surface area contributed by atoms with Crippen molar-refractivity contribution >= 4 is 11.6 Å². The van der Waals surface area contributed by atoms with Crippen LogP contribution in [0.4, 0.5) is 5.69 Å². The van der Waals surface area contributed by atoms with Crippen molar-refractivity contribution in [1.29, 1.82) is 5.26 Å². The van der Waals surface area contributed by atoms with Gasteiger partial charge < -0.3 is 25.0 Å². The van der Waals surface area contributed by atoms with Gasteiger partial charge >= 0.3 is 0 Å². The summed E-state index contributed by atoms with van der Waals surface area (Å²) < 4.78 is 19.3. The molecule has 244 valence electrons. The van der Waals surface area contributed by atoms with Gasteiger partial charge in [0.25, 0.3) is 5.91 Å². The number of hydrogen-bond acceptors (Lipinski definition) is 11. The standard InChI is InChI=1S/C34H39N9O4/c1-20(26-7-5-15-42(26)2)46-28-18-27(43-16-11-25(40-43)33(44)37-14-17-45-3)38-32(39-28)30-22-6-4-12-34(31(22)47-41-30)13-10-21-8-9-24(36)23(19-35)29(21)34/h8-9,11,16,18,20,26H,4-7,10,12-15,17,36H2,1-3H3,(H,37,44)/t20-,26-,34-/m0/s1. The van der Waals surface area contributed by atoms with Crippen molar-refractivity contribution in [3.63, 3.8) is 0 Å². The molecule has 3 aromatic heterocycles. The summed E-state index contributed by atoms with van der Waals surface area (Å²) in [5.41, 5.74) is 10.6. The van der Waals surface area contributed by atoms with Crippen molar-refractivity contribution in [3.05, 3.63) is 64.2 Å². The van der Waals surface area contributed by atoms with Crippen LogP contribution in [0.2, 0.25) is 0 Å². The summed E-state index contributed by atoms with van der Waals surface area (Å²) in [6.45, 7) is 3.85. The molecule has 0 radical (unpaired) electrons. The normalized spacial score (nSPS) is 20.9. The number of fused-ring (bicyclic) bond motifs is 4. The number of benzene rings is 1. The number of amides is 1. The maximum atomic E-state index is 12.7. The molecule has 0 unspecified atom stereocenters. The predicted molar refractivity (Wildman–Crippen MR) is 172 cm³/mol. The molecule has 1 amide bonds. The molecule has 4 aromatic rings. The van der Waals surface area contributed by atoms with Crippen LogP contribution in [0.1, 0.15) is 77.5 Å². The number of nitrogens with zero attached hydrogens (tertiary/aromatic N) is 7. The molecule has 7 rings (SSSR count). The van der Waals surface area contributed by atoms with Gasteiger partial charge in [0, 0.05) is 43.2 Å². The average Bonchev–Trinajstić information content (AvgIpc) is 3.88. The molecule has 3 aliphatic rings. The van der Waals surface area contributed by atoms with Gasteiger partial charge in [0.05, 0.1) is 17.6 Å². The van der Waals surface area contributed by atoms with E-state index in [2.05, 4.69) is 40.5 Å². The van der Waals surface area contributed by atoms with Gasteiger partial charge in [-0.25, -0.2) is 9.67 Å². The number of carbonyl (C=O) groups is 1. The Morgan fingerprint density at radius 2 is 2.13 bits per heavy atom. The Balaban J connectivity index is 1.29. The minimum atomic E-state index is -0.486. The van der Waals surface area contributed by atoms with Crippen LogP contribution in [0.5, 0.6) is 5.88 Å². The van der Waals surface area contributed by atoms with E-state index >= 15 is 0 Å². The molecular weight excluding hydrogens is 598 g/mol. The fourth-order valence-electron chi connectivity index (χ4n) is 7.69. The van der Waals surface area contributed by atoms with E-state index in [1.165, 1.54) is 0 Å². The second-order valence-corrected chi connectivity index (χ2v) is 12.7. The predicted octanol–water partition coefficient (Wildman–Crippen LogP) is 3.58. The maximum Gasteiger partial charge on any atom is 0.271 e. The van der Waals surface area contributed by atoms with Crippen LogP contribution in [0.15, 0.2) is 35.0 Å². The smallest absolute Gasteiger partial charge is 0.271 e. The van der Waals surface area contributed by atoms with Gasteiger partial charge in [-0.1, -0.05) is 11.2 Å². The topological polar surface area (TPSA) is 170 Å². The van der Waals surface area contributed by atoms with Gasteiger partial charge in [0.2, 0.25) is 5.88 Å². The lowest BCUT2D eigenvalue weighted by molar-refractivity contribution is 0.0931. The highest BCUT2D eigenvalue weighted by Gasteiger charge is 2.49. The summed E-state index contributed by atoms with van der Waals surface area (Å²) in [7, 11) is 3.69. The number of methoxy groups -OCH3 is 1. The summed E-state index contributed by atoms with van der Waals surface area (Å²) in [6.07, 6.45) is 7.81. The number of nitriles is 1. The number of nitrogens with two attached hydrogens (primary N) is 1. The highest BCUT2D eigenvalue weighted by Crippen LogP contribution is 2.54. The Kier molecular flexibility index (Phi) is 8.15. The molecule has 0 bridgehead atoms. The minimum Gasteiger partial charge on any atom is -0.473 e. The number of aromatic nitrogens is 5. The van der Waals surface area contributed by atoms with Crippen molar-refractivity contribution in [3.8, 4) is 29.3 Å². The van der Waals surface area contributed by atoms with Crippen molar-refractivity contribution in [1.82, 2.24) is 35.1 Å². The third-order valence-electron chi connectivity index (χ3n) is 9.96. The lowest BCUT2D eigenvalue weighted by Crippen LogP contribution is -2.38. The van der Waals surface area contributed by atoms with Crippen LogP contribution in [0.25, 0.3) is 17.3 Å². The molecule has 1 aromatic carbocycles. The maximum absolute atomic E-state index is 12.7. The van der Waals surface area contributed by atoms with Crippen molar-refractivity contribution in [2.75, 3.05) is 39.6 Å².